The van der Waals surface area contributed by atoms with Crippen LogP contribution in [0.1, 0.15) is 31.2 Å². The summed E-state index contributed by atoms with van der Waals surface area (Å²) in [5, 5.41) is 9.86. The van der Waals surface area contributed by atoms with Crippen LogP contribution < -0.4 is 4.74 Å². The van der Waals surface area contributed by atoms with E-state index in [2.05, 4.69) is 6.92 Å². The summed E-state index contributed by atoms with van der Waals surface area (Å²) in [4.78, 5) is 0. The number of hydrogen-bond donors (Lipinski definition) is 1. The Morgan fingerprint density at radius 1 is 1.47 bits per heavy atom. The standard InChI is InChI=1S/C12H17ClO2/c1-3-4-10(8-14)9-5-6-12(15-2)11(13)7-9/h5-7,10,14H,3-4,8H2,1-2H3. The normalized spacial score (nSPS) is 12.5. The summed E-state index contributed by atoms with van der Waals surface area (Å²) < 4.78 is 5.08. The van der Waals surface area contributed by atoms with Gasteiger partial charge in [-0.05, 0) is 24.1 Å². The van der Waals surface area contributed by atoms with Crippen molar-refractivity contribution in [1.82, 2.24) is 0 Å². The highest BCUT2D eigenvalue weighted by Gasteiger charge is 2.11. The van der Waals surface area contributed by atoms with Crippen LogP contribution in [0.2, 0.25) is 5.02 Å². The number of rotatable bonds is 5. The molecule has 3 heteroatoms. The molecule has 2 nitrogen and oxygen atoms in total. The fraction of sp³-hybridized carbons (Fsp3) is 0.500. The molecule has 0 aliphatic carbocycles. The maximum atomic E-state index is 9.25. The topological polar surface area (TPSA) is 29.5 Å². The molecule has 0 radical (unpaired) electrons. The molecule has 1 unspecified atom stereocenters. The van der Waals surface area contributed by atoms with Crippen molar-refractivity contribution in [3.63, 3.8) is 0 Å². The van der Waals surface area contributed by atoms with Crippen molar-refractivity contribution in [3.8, 4) is 5.75 Å². The van der Waals surface area contributed by atoms with Gasteiger partial charge in [0.05, 0.1) is 12.1 Å². The van der Waals surface area contributed by atoms with Crippen molar-refractivity contribution in [2.75, 3.05) is 13.7 Å². The predicted molar refractivity (Wildman–Crippen MR) is 62.7 cm³/mol. The van der Waals surface area contributed by atoms with Gasteiger partial charge in [-0.15, -0.1) is 0 Å². The highest BCUT2D eigenvalue weighted by atomic mass is 35.5. The third-order valence-electron chi connectivity index (χ3n) is 2.50. The lowest BCUT2D eigenvalue weighted by Crippen LogP contribution is -2.03. The quantitative estimate of drug-likeness (QED) is 0.839. The first-order valence-electron chi connectivity index (χ1n) is 5.17. The zero-order valence-corrected chi connectivity index (χ0v) is 9.92. The Morgan fingerprint density at radius 3 is 2.67 bits per heavy atom. The van der Waals surface area contributed by atoms with Gasteiger partial charge in [0.1, 0.15) is 5.75 Å². The van der Waals surface area contributed by atoms with E-state index in [0.717, 1.165) is 18.4 Å². The second-order valence-corrected chi connectivity index (χ2v) is 3.97. The van der Waals surface area contributed by atoms with E-state index >= 15 is 0 Å². The van der Waals surface area contributed by atoms with Gasteiger partial charge in [0, 0.05) is 12.5 Å². The average Bonchev–Trinajstić information content (AvgIpc) is 2.25. The molecule has 0 fully saturated rings. The molecule has 0 saturated heterocycles. The Bertz CT molecular complexity index is 312. The molecule has 15 heavy (non-hydrogen) atoms. The molecule has 0 aromatic heterocycles. The highest BCUT2D eigenvalue weighted by molar-refractivity contribution is 6.32. The van der Waals surface area contributed by atoms with Crippen LogP contribution >= 0.6 is 11.6 Å². The summed E-state index contributed by atoms with van der Waals surface area (Å²) in [5.74, 6) is 0.854. The molecule has 1 atom stereocenters. The van der Waals surface area contributed by atoms with Gasteiger partial charge in [-0.3, -0.25) is 0 Å². The van der Waals surface area contributed by atoms with Gasteiger partial charge in [-0.25, -0.2) is 0 Å². The van der Waals surface area contributed by atoms with E-state index < -0.39 is 0 Å². The molecule has 0 heterocycles. The van der Waals surface area contributed by atoms with Gasteiger partial charge < -0.3 is 9.84 Å². The predicted octanol–water partition coefficient (Wildman–Crippen LogP) is 3.22. The molecule has 0 aliphatic heterocycles. The van der Waals surface area contributed by atoms with Crippen molar-refractivity contribution in [2.45, 2.75) is 25.7 Å². The lowest BCUT2D eigenvalue weighted by atomic mass is 9.95. The Labute approximate surface area is 95.8 Å². The Morgan fingerprint density at radius 2 is 2.20 bits per heavy atom. The largest absolute Gasteiger partial charge is 0.495 e. The number of methoxy groups -OCH3 is 1. The molecular formula is C12H17ClO2. The first-order chi connectivity index (χ1) is 7.22. The van der Waals surface area contributed by atoms with Gasteiger partial charge in [0.15, 0.2) is 0 Å². The van der Waals surface area contributed by atoms with Crippen molar-refractivity contribution < 1.29 is 9.84 Å². The molecule has 1 rings (SSSR count). The molecule has 0 aliphatic rings. The molecule has 1 N–H and O–H groups in total. The minimum Gasteiger partial charge on any atom is -0.495 e. The lowest BCUT2D eigenvalue weighted by molar-refractivity contribution is 0.258. The van der Waals surface area contributed by atoms with Crippen LogP contribution in [0.3, 0.4) is 0 Å². The smallest absolute Gasteiger partial charge is 0.137 e. The van der Waals surface area contributed by atoms with Crippen LogP contribution in [-0.4, -0.2) is 18.8 Å². The summed E-state index contributed by atoms with van der Waals surface area (Å²) in [6, 6.07) is 5.67. The number of ether oxygens (including phenoxy) is 1. The molecule has 0 saturated carbocycles. The molecule has 1 aromatic rings. The molecule has 0 spiro atoms. The maximum absolute atomic E-state index is 9.25. The Balaban J connectivity index is 2.89. The summed E-state index contributed by atoms with van der Waals surface area (Å²) in [6.07, 6.45) is 2.02. The third kappa shape index (κ3) is 3.11. The van der Waals surface area contributed by atoms with Crippen molar-refractivity contribution in [2.24, 2.45) is 0 Å². The Hall–Kier alpha value is -0.730. The van der Waals surface area contributed by atoms with Gasteiger partial charge in [0.25, 0.3) is 0 Å². The van der Waals surface area contributed by atoms with Crippen LogP contribution in [-0.2, 0) is 0 Å². The molecule has 1 aromatic carbocycles. The van der Waals surface area contributed by atoms with E-state index in [1.54, 1.807) is 7.11 Å². The van der Waals surface area contributed by atoms with E-state index in [-0.39, 0.29) is 12.5 Å². The van der Waals surface area contributed by atoms with Gasteiger partial charge >= 0.3 is 0 Å². The number of benzene rings is 1. The van der Waals surface area contributed by atoms with Crippen LogP contribution in [0.5, 0.6) is 5.75 Å². The molecule has 0 bridgehead atoms. The van der Waals surface area contributed by atoms with Gasteiger partial charge in [0.2, 0.25) is 0 Å². The van der Waals surface area contributed by atoms with Crippen molar-refractivity contribution in [1.29, 1.82) is 0 Å². The first-order valence-corrected chi connectivity index (χ1v) is 5.55. The summed E-state index contributed by atoms with van der Waals surface area (Å²) >= 11 is 6.02. The minimum atomic E-state index is 0.163. The minimum absolute atomic E-state index is 0.163. The zero-order valence-electron chi connectivity index (χ0n) is 9.16. The number of hydrogen-bond acceptors (Lipinski definition) is 2. The van der Waals surface area contributed by atoms with E-state index in [4.69, 9.17) is 16.3 Å². The summed E-state index contributed by atoms with van der Waals surface area (Å²) in [7, 11) is 1.59. The molecule has 84 valence electrons. The van der Waals surface area contributed by atoms with Crippen LogP contribution in [0, 0.1) is 0 Å². The SMILES string of the molecule is CCCC(CO)c1ccc(OC)c(Cl)c1. The maximum Gasteiger partial charge on any atom is 0.137 e. The molecule has 0 amide bonds. The van der Waals surface area contributed by atoms with Gasteiger partial charge in [-0.1, -0.05) is 31.0 Å². The Kier molecular flexibility index (Phi) is 4.92. The zero-order chi connectivity index (χ0) is 11.3. The monoisotopic (exact) mass is 228 g/mol. The number of aliphatic hydroxyl groups excluding tert-OH is 1. The van der Waals surface area contributed by atoms with E-state index in [1.807, 2.05) is 18.2 Å². The van der Waals surface area contributed by atoms with Crippen LogP contribution in [0.4, 0.5) is 0 Å². The second kappa shape index (κ2) is 5.99. The van der Waals surface area contributed by atoms with E-state index in [1.165, 1.54) is 0 Å². The first kappa shape index (κ1) is 12.3. The lowest BCUT2D eigenvalue weighted by Gasteiger charge is -2.14. The number of aliphatic hydroxyl groups is 1. The second-order valence-electron chi connectivity index (χ2n) is 3.56. The van der Waals surface area contributed by atoms with Crippen molar-refractivity contribution >= 4 is 11.6 Å². The fourth-order valence-corrected chi connectivity index (χ4v) is 1.91. The fourth-order valence-electron chi connectivity index (χ4n) is 1.65. The van der Waals surface area contributed by atoms with Crippen LogP contribution in [0.15, 0.2) is 18.2 Å². The van der Waals surface area contributed by atoms with E-state index in [9.17, 15) is 5.11 Å². The third-order valence-corrected chi connectivity index (χ3v) is 2.80. The average molecular weight is 229 g/mol. The highest BCUT2D eigenvalue weighted by Crippen LogP contribution is 2.29. The number of halogens is 1. The summed E-state index contributed by atoms with van der Waals surface area (Å²) in [6.45, 7) is 2.27. The van der Waals surface area contributed by atoms with Crippen LogP contribution in [0.25, 0.3) is 0 Å². The van der Waals surface area contributed by atoms with Gasteiger partial charge in [-0.2, -0.15) is 0 Å². The summed E-state index contributed by atoms with van der Waals surface area (Å²) in [5.41, 5.74) is 1.07. The van der Waals surface area contributed by atoms with E-state index in [0.29, 0.717) is 10.8 Å². The van der Waals surface area contributed by atoms with Crippen molar-refractivity contribution in [3.05, 3.63) is 28.8 Å². The molecular weight excluding hydrogens is 212 g/mol.